The van der Waals surface area contributed by atoms with Crippen molar-refractivity contribution < 1.29 is 19.0 Å². The Balaban J connectivity index is 1.63. The lowest BCUT2D eigenvalue weighted by Gasteiger charge is -2.27. The Bertz CT molecular complexity index is 885. The van der Waals surface area contributed by atoms with Gasteiger partial charge in [-0.1, -0.05) is 0 Å². The molecule has 0 spiro atoms. The molecule has 5 N–H and O–H groups in total. The summed E-state index contributed by atoms with van der Waals surface area (Å²) in [5.41, 5.74) is 8.45. The van der Waals surface area contributed by atoms with Crippen molar-refractivity contribution in [2.75, 3.05) is 44.7 Å². The highest BCUT2D eigenvalue weighted by molar-refractivity contribution is 9.10. The van der Waals surface area contributed by atoms with Crippen molar-refractivity contribution in [3.05, 3.63) is 34.2 Å². The summed E-state index contributed by atoms with van der Waals surface area (Å²) in [5, 5.41) is 19.9. The minimum Gasteiger partial charge on any atom is -0.378 e. The molecular formula is C16H20BrFN8O3. The van der Waals surface area contributed by atoms with E-state index in [0.29, 0.717) is 51.0 Å². The van der Waals surface area contributed by atoms with Gasteiger partial charge >= 0.3 is 0 Å². The van der Waals surface area contributed by atoms with E-state index in [1.807, 2.05) is 10.4 Å². The standard InChI is InChI=1S/C16H20BrFN8O3/c17-11-9-10(1-2-12(11)18)22-15(23-27)13-14(25-29-24-13)20-3-4-21-16(19)26-5-7-28-8-6-26/h1-2,9,27H,3-8H2,(H2,19,21)(H,20,25)(H,22,23). The Morgan fingerprint density at radius 1 is 1.34 bits per heavy atom. The number of nitrogens with one attached hydrogen (secondary N) is 2. The van der Waals surface area contributed by atoms with Crippen LogP contribution >= 0.6 is 15.9 Å². The average molecular weight is 471 g/mol. The number of rotatable bonds is 6. The third-order valence-corrected chi connectivity index (χ3v) is 4.58. The van der Waals surface area contributed by atoms with Gasteiger partial charge in [-0.3, -0.25) is 15.7 Å². The molecule has 13 heteroatoms. The third kappa shape index (κ3) is 5.62. The number of hydroxylamine groups is 1. The number of guanidine groups is 1. The van der Waals surface area contributed by atoms with Crippen molar-refractivity contribution in [2.24, 2.45) is 15.7 Å². The Hall–Kier alpha value is -2.77. The Morgan fingerprint density at radius 3 is 2.86 bits per heavy atom. The average Bonchev–Trinajstić information content (AvgIpc) is 3.20. The van der Waals surface area contributed by atoms with Crippen molar-refractivity contribution in [2.45, 2.75) is 0 Å². The van der Waals surface area contributed by atoms with Gasteiger partial charge in [0.1, 0.15) is 5.82 Å². The molecule has 1 aromatic carbocycles. The number of morpholine rings is 1. The summed E-state index contributed by atoms with van der Waals surface area (Å²) in [7, 11) is 0. The molecule has 0 radical (unpaired) electrons. The van der Waals surface area contributed by atoms with Crippen molar-refractivity contribution in [1.29, 1.82) is 0 Å². The number of anilines is 1. The predicted molar refractivity (Wildman–Crippen MR) is 107 cm³/mol. The summed E-state index contributed by atoms with van der Waals surface area (Å²) in [6.45, 7) is 3.46. The first kappa shape index (κ1) is 21.0. The highest BCUT2D eigenvalue weighted by atomic mass is 79.9. The lowest BCUT2D eigenvalue weighted by molar-refractivity contribution is 0.0674. The summed E-state index contributed by atoms with van der Waals surface area (Å²) in [6.07, 6.45) is 0. The van der Waals surface area contributed by atoms with Crippen LogP contribution in [0.4, 0.5) is 15.9 Å². The van der Waals surface area contributed by atoms with E-state index < -0.39 is 5.82 Å². The molecule has 1 saturated heterocycles. The second kappa shape index (κ2) is 10.1. The van der Waals surface area contributed by atoms with Crippen molar-refractivity contribution in [3.8, 4) is 0 Å². The first-order valence-corrected chi connectivity index (χ1v) is 9.51. The molecule has 29 heavy (non-hydrogen) atoms. The molecule has 156 valence electrons. The smallest absolute Gasteiger partial charge is 0.202 e. The molecule has 0 saturated carbocycles. The fourth-order valence-corrected chi connectivity index (χ4v) is 2.88. The largest absolute Gasteiger partial charge is 0.378 e. The van der Waals surface area contributed by atoms with E-state index in [0.717, 1.165) is 0 Å². The molecule has 1 aliphatic rings. The van der Waals surface area contributed by atoms with Gasteiger partial charge in [0.15, 0.2) is 17.5 Å². The van der Waals surface area contributed by atoms with Crippen LogP contribution in [0.5, 0.6) is 0 Å². The monoisotopic (exact) mass is 470 g/mol. The zero-order valence-corrected chi connectivity index (χ0v) is 16.9. The van der Waals surface area contributed by atoms with Crippen LogP contribution in [0.15, 0.2) is 37.3 Å². The number of aromatic nitrogens is 2. The van der Waals surface area contributed by atoms with E-state index >= 15 is 0 Å². The number of benzene rings is 1. The van der Waals surface area contributed by atoms with Crippen molar-refractivity contribution >= 4 is 39.2 Å². The van der Waals surface area contributed by atoms with Gasteiger partial charge in [0.2, 0.25) is 5.82 Å². The van der Waals surface area contributed by atoms with Crippen LogP contribution < -0.4 is 16.5 Å². The molecule has 0 unspecified atom stereocenters. The molecule has 0 bridgehead atoms. The fourth-order valence-electron chi connectivity index (χ4n) is 2.51. The molecule has 2 heterocycles. The Labute approximate surface area is 173 Å². The Kier molecular flexibility index (Phi) is 7.32. The van der Waals surface area contributed by atoms with Crippen LogP contribution in [-0.2, 0) is 4.74 Å². The van der Waals surface area contributed by atoms with Crippen LogP contribution in [0.2, 0.25) is 0 Å². The number of amidine groups is 1. The third-order valence-electron chi connectivity index (χ3n) is 3.98. The normalized spacial score (nSPS) is 15.5. The number of aliphatic imine (C=N–C) groups is 2. The number of ether oxygens (including phenoxy) is 1. The Morgan fingerprint density at radius 2 is 2.14 bits per heavy atom. The minimum atomic E-state index is -0.426. The molecule has 1 fully saturated rings. The van der Waals surface area contributed by atoms with Crippen LogP contribution in [0.1, 0.15) is 5.69 Å². The summed E-state index contributed by atoms with van der Waals surface area (Å²) in [4.78, 5) is 10.5. The SMILES string of the molecule is NC(=NCCNc1nonc1C(=Nc1ccc(F)c(Br)c1)NO)N1CCOCC1. The van der Waals surface area contributed by atoms with Gasteiger partial charge in [-0.05, 0) is 44.4 Å². The van der Waals surface area contributed by atoms with Crippen LogP contribution in [0.25, 0.3) is 0 Å². The van der Waals surface area contributed by atoms with Gasteiger partial charge in [0.25, 0.3) is 0 Å². The van der Waals surface area contributed by atoms with E-state index in [2.05, 4.69) is 41.5 Å². The van der Waals surface area contributed by atoms with Gasteiger partial charge in [0, 0.05) is 19.6 Å². The molecule has 1 aliphatic heterocycles. The molecule has 0 atom stereocenters. The number of hydrogen-bond acceptors (Lipinski definition) is 8. The van der Waals surface area contributed by atoms with Crippen LogP contribution in [0.3, 0.4) is 0 Å². The minimum absolute atomic E-state index is 0.0245. The van der Waals surface area contributed by atoms with E-state index in [-0.39, 0.29) is 21.8 Å². The summed E-state index contributed by atoms with van der Waals surface area (Å²) >= 11 is 3.08. The van der Waals surface area contributed by atoms with E-state index in [1.165, 1.54) is 18.2 Å². The van der Waals surface area contributed by atoms with Crippen molar-refractivity contribution in [1.82, 2.24) is 20.7 Å². The number of halogens is 2. The van der Waals surface area contributed by atoms with Gasteiger partial charge in [0.05, 0.1) is 29.9 Å². The molecular weight excluding hydrogens is 451 g/mol. The van der Waals surface area contributed by atoms with Crippen LogP contribution in [0, 0.1) is 5.82 Å². The second-order valence-electron chi connectivity index (χ2n) is 5.90. The predicted octanol–water partition coefficient (Wildman–Crippen LogP) is 1.09. The first-order chi connectivity index (χ1) is 14.1. The molecule has 11 nitrogen and oxygen atoms in total. The maximum Gasteiger partial charge on any atom is 0.202 e. The lowest BCUT2D eigenvalue weighted by atomic mass is 10.3. The maximum absolute atomic E-state index is 13.4. The fraction of sp³-hybridized carbons (Fsp3) is 0.375. The molecule has 3 rings (SSSR count). The van der Waals surface area contributed by atoms with E-state index in [1.54, 1.807) is 0 Å². The summed E-state index contributed by atoms with van der Waals surface area (Å²) < 4.78 is 23.6. The van der Waals surface area contributed by atoms with Gasteiger partial charge < -0.3 is 20.7 Å². The molecule has 0 aliphatic carbocycles. The molecule has 1 aromatic heterocycles. The van der Waals surface area contributed by atoms with Crippen LogP contribution in [-0.4, -0.2) is 71.6 Å². The summed E-state index contributed by atoms with van der Waals surface area (Å²) in [6, 6.07) is 4.15. The van der Waals surface area contributed by atoms with Gasteiger partial charge in [-0.2, -0.15) is 0 Å². The van der Waals surface area contributed by atoms with Gasteiger partial charge in [-0.25, -0.2) is 14.0 Å². The van der Waals surface area contributed by atoms with E-state index in [4.69, 9.17) is 15.1 Å². The highest BCUT2D eigenvalue weighted by Gasteiger charge is 2.17. The van der Waals surface area contributed by atoms with Crippen molar-refractivity contribution in [3.63, 3.8) is 0 Å². The maximum atomic E-state index is 13.4. The van der Waals surface area contributed by atoms with E-state index in [9.17, 15) is 9.60 Å². The highest BCUT2D eigenvalue weighted by Crippen LogP contribution is 2.23. The second-order valence-corrected chi connectivity index (χ2v) is 6.75. The number of nitrogens with two attached hydrogens (primary N) is 1. The lowest BCUT2D eigenvalue weighted by Crippen LogP contribution is -2.45. The molecule has 0 amide bonds. The number of hydrogen-bond donors (Lipinski definition) is 4. The zero-order valence-electron chi connectivity index (χ0n) is 15.3. The zero-order chi connectivity index (χ0) is 20.6. The summed E-state index contributed by atoms with van der Waals surface area (Å²) in [5.74, 6) is 0.259. The molecule has 2 aromatic rings. The van der Waals surface area contributed by atoms with Gasteiger partial charge in [-0.15, -0.1) is 0 Å². The quantitative estimate of drug-likeness (QED) is 0.210. The number of nitrogens with zero attached hydrogens (tertiary/aromatic N) is 5. The topological polar surface area (TPSA) is 146 Å². The first-order valence-electron chi connectivity index (χ1n) is 8.71.